The summed E-state index contributed by atoms with van der Waals surface area (Å²) in [7, 11) is 1.60. The first-order valence-corrected chi connectivity index (χ1v) is 6.89. The van der Waals surface area contributed by atoms with E-state index in [2.05, 4.69) is 0 Å². The molecule has 0 aromatic heterocycles. The molecule has 0 radical (unpaired) electrons. The predicted molar refractivity (Wildman–Crippen MR) is 81.2 cm³/mol. The highest BCUT2D eigenvalue weighted by Crippen LogP contribution is 2.29. The van der Waals surface area contributed by atoms with Crippen LogP contribution < -0.4 is 15.2 Å². The van der Waals surface area contributed by atoms with Crippen molar-refractivity contribution in [3.63, 3.8) is 0 Å². The molecule has 0 saturated heterocycles. The maximum atomic E-state index is 13.3. The Labute approximate surface area is 124 Å². The number of nitrogens with two attached hydrogens (primary N) is 1. The highest BCUT2D eigenvalue weighted by atomic mass is 19.1. The van der Waals surface area contributed by atoms with Gasteiger partial charge in [-0.1, -0.05) is 12.1 Å². The Morgan fingerprint density at radius 2 is 1.90 bits per heavy atom. The summed E-state index contributed by atoms with van der Waals surface area (Å²) in [5.41, 5.74) is 8.47. The third-order valence-corrected chi connectivity index (χ3v) is 3.36. The first-order valence-electron chi connectivity index (χ1n) is 6.89. The lowest BCUT2D eigenvalue weighted by atomic mass is 10.1. The average Bonchev–Trinajstić information content (AvgIpc) is 2.49. The summed E-state index contributed by atoms with van der Waals surface area (Å²) in [6.07, 6.45) is 0.791. The number of ether oxygens (including phenoxy) is 2. The molecule has 4 heteroatoms. The van der Waals surface area contributed by atoms with Crippen molar-refractivity contribution in [1.82, 2.24) is 0 Å². The minimum atomic E-state index is -0.260. The number of aryl methyl sites for hydroxylation is 1. The Bertz CT molecular complexity index is 614. The van der Waals surface area contributed by atoms with E-state index in [1.54, 1.807) is 13.2 Å². The van der Waals surface area contributed by atoms with Crippen molar-refractivity contribution >= 4 is 0 Å². The van der Waals surface area contributed by atoms with E-state index in [0.29, 0.717) is 24.7 Å². The molecule has 0 heterocycles. The summed E-state index contributed by atoms with van der Waals surface area (Å²) >= 11 is 0. The van der Waals surface area contributed by atoms with Crippen molar-refractivity contribution < 1.29 is 13.9 Å². The van der Waals surface area contributed by atoms with Gasteiger partial charge in [-0.2, -0.15) is 0 Å². The molecule has 0 aliphatic carbocycles. The van der Waals surface area contributed by atoms with Gasteiger partial charge in [-0.15, -0.1) is 0 Å². The van der Waals surface area contributed by atoms with E-state index >= 15 is 0 Å². The zero-order valence-corrected chi connectivity index (χ0v) is 12.4. The third kappa shape index (κ3) is 3.95. The van der Waals surface area contributed by atoms with Crippen LogP contribution in [0.4, 0.5) is 4.39 Å². The Balaban J connectivity index is 2.14. The van der Waals surface area contributed by atoms with Crippen LogP contribution in [0.15, 0.2) is 36.4 Å². The van der Waals surface area contributed by atoms with E-state index in [9.17, 15) is 4.39 Å². The maximum absolute atomic E-state index is 13.3. The van der Waals surface area contributed by atoms with E-state index in [-0.39, 0.29) is 5.82 Å². The van der Waals surface area contributed by atoms with Gasteiger partial charge in [0.15, 0.2) is 11.5 Å². The Morgan fingerprint density at radius 3 is 2.62 bits per heavy atom. The molecule has 0 unspecified atom stereocenters. The summed E-state index contributed by atoms with van der Waals surface area (Å²) < 4.78 is 24.4. The van der Waals surface area contributed by atoms with E-state index in [0.717, 1.165) is 23.1 Å². The van der Waals surface area contributed by atoms with Crippen molar-refractivity contribution in [3.05, 3.63) is 58.9 Å². The van der Waals surface area contributed by atoms with Gasteiger partial charge in [0.05, 0.1) is 7.11 Å². The second kappa shape index (κ2) is 7.09. The number of methoxy groups -OCH3 is 1. The lowest BCUT2D eigenvalue weighted by molar-refractivity contribution is 0.283. The number of hydrogen-bond acceptors (Lipinski definition) is 3. The van der Waals surface area contributed by atoms with E-state index < -0.39 is 0 Å². The predicted octanol–water partition coefficient (Wildman–Crippen LogP) is 3.22. The zero-order chi connectivity index (χ0) is 15.2. The van der Waals surface area contributed by atoms with Crippen molar-refractivity contribution in [2.45, 2.75) is 20.0 Å². The number of hydrogen-bond donors (Lipinski definition) is 1. The van der Waals surface area contributed by atoms with Crippen LogP contribution in [-0.4, -0.2) is 13.7 Å². The minimum absolute atomic E-state index is 0.260. The first-order chi connectivity index (χ1) is 10.1. The molecule has 0 bridgehead atoms. The van der Waals surface area contributed by atoms with Crippen molar-refractivity contribution in [2.24, 2.45) is 5.73 Å². The van der Waals surface area contributed by atoms with Crippen LogP contribution in [0.3, 0.4) is 0 Å². The second-order valence-electron chi connectivity index (χ2n) is 4.88. The average molecular weight is 289 g/mol. The Kier molecular flexibility index (Phi) is 5.17. The normalized spacial score (nSPS) is 10.5. The lowest BCUT2D eigenvalue weighted by Crippen LogP contribution is -2.04. The van der Waals surface area contributed by atoms with Gasteiger partial charge in [0.1, 0.15) is 12.4 Å². The molecule has 21 heavy (non-hydrogen) atoms. The monoisotopic (exact) mass is 289 g/mol. The third-order valence-electron chi connectivity index (χ3n) is 3.36. The molecule has 0 spiro atoms. The van der Waals surface area contributed by atoms with Gasteiger partial charge in [0.25, 0.3) is 0 Å². The molecular weight excluding hydrogens is 269 g/mol. The van der Waals surface area contributed by atoms with E-state index in [1.807, 2.05) is 25.1 Å². The Morgan fingerprint density at radius 1 is 1.10 bits per heavy atom. The van der Waals surface area contributed by atoms with Gasteiger partial charge >= 0.3 is 0 Å². The summed E-state index contributed by atoms with van der Waals surface area (Å²) in [6, 6.07) is 10.4. The fourth-order valence-electron chi connectivity index (χ4n) is 2.10. The van der Waals surface area contributed by atoms with Crippen LogP contribution in [0.5, 0.6) is 11.5 Å². The van der Waals surface area contributed by atoms with Crippen molar-refractivity contribution in [1.29, 1.82) is 0 Å². The maximum Gasteiger partial charge on any atom is 0.161 e. The van der Waals surface area contributed by atoms with E-state index in [4.69, 9.17) is 15.2 Å². The number of rotatable bonds is 6. The van der Waals surface area contributed by atoms with E-state index in [1.165, 1.54) is 12.1 Å². The van der Waals surface area contributed by atoms with Crippen LogP contribution >= 0.6 is 0 Å². The van der Waals surface area contributed by atoms with Gasteiger partial charge < -0.3 is 15.2 Å². The molecule has 2 N–H and O–H groups in total. The molecule has 0 aliphatic heterocycles. The highest BCUT2D eigenvalue weighted by molar-refractivity contribution is 5.43. The van der Waals surface area contributed by atoms with Gasteiger partial charge in [-0.25, -0.2) is 4.39 Å². The molecule has 0 fully saturated rings. The molecule has 0 aliphatic rings. The molecule has 0 atom stereocenters. The molecule has 3 nitrogen and oxygen atoms in total. The number of halogens is 1. The van der Waals surface area contributed by atoms with Gasteiger partial charge in [-0.05, 0) is 60.8 Å². The molecule has 2 rings (SSSR count). The fourth-order valence-corrected chi connectivity index (χ4v) is 2.10. The van der Waals surface area contributed by atoms with Gasteiger partial charge in [0, 0.05) is 0 Å². The van der Waals surface area contributed by atoms with Crippen molar-refractivity contribution in [3.8, 4) is 11.5 Å². The quantitative estimate of drug-likeness (QED) is 0.888. The molecular formula is C17H20FNO2. The Hall–Kier alpha value is -2.07. The zero-order valence-electron chi connectivity index (χ0n) is 12.4. The minimum Gasteiger partial charge on any atom is -0.493 e. The lowest BCUT2D eigenvalue weighted by Gasteiger charge is -2.13. The van der Waals surface area contributed by atoms with Gasteiger partial charge in [-0.3, -0.25) is 0 Å². The summed E-state index contributed by atoms with van der Waals surface area (Å²) in [4.78, 5) is 0. The number of benzene rings is 2. The van der Waals surface area contributed by atoms with Crippen LogP contribution in [0.25, 0.3) is 0 Å². The molecule has 0 amide bonds. The van der Waals surface area contributed by atoms with Crippen LogP contribution in [0.1, 0.15) is 16.7 Å². The van der Waals surface area contributed by atoms with Crippen LogP contribution in [0, 0.1) is 12.7 Å². The fraction of sp³-hybridized carbons (Fsp3) is 0.294. The van der Waals surface area contributed by atoms with Crippen LogP contribution in [0.2, 0.25) is 0 Å². The molecule has 2 aromatic rings. The molecule has 112 valence electrons. The molecule has 0 saturated carbocycles. The first kappa shape index (κ1) is 15.3. The summed E-state index contributed by atoms with van der Waals surface area (Å²) in [5, 5.41) is 0. The topological polar surface area (TPSA) is 44.5 Å². The second-order valence-corrected chi connectivity index (χ2v) is 4.88. The molecule has 2 aromatic carbocycles. The smallest absolute Gasteiger partial charge is 0.161 e. The van der Waals surface area contributed by atoms with Gasteiger partial charge in [0.2, 0.25) is 0 Å². The van der Waals surface area contributed by atoms with Crippen LogP contribution in [-0.2, 0) is 13.0 Å². The largest absolute Gasteiger partial charge is 0.493 e. The highest BCUT2D eigenvalue weighted by Gasteiger charge is 2.07. The summed E-state index contributed by atoms with van der Waals surface area (Å²) in [5.74, 6) is 1.04. The summed E-state index contributed by atoms with van der Waals surface area (Å²) in [6.45, 7) is 2.82. The standard InChI is InChI=1S/C17H20FNO2/c1-12-3-5-15(18)10-14(12)11-21-16-6-4-13(7-8-19)9-17(16)20-2/h3-6,9-10H,7-8,11,19H2,1-2H3. The SMILES string of the molecule is COc1cc(CCN)ccc1OCc1cc(F)ccc1C. The van der Waals surface area contributed by atoms with Crippen molar-refractivity contribution in [2.75, 3.05) is 13.7 Å².